The van der Waals surface area contributed by atoms with E-state index in [1.807, 2.05) is 32.0 Å². The molecule has 0 aromatic heterocycles. The molecule has 0 radical (unpaired) electrons. The molecule has 2 aromatic carbocycles. The van der Waals surface area contributed by atoms with Gasteiger partial charge in [0.1, 0.15) is 17.2 Å². The molecule has 0 fully saturated rings. The Bertz CT molecular complexity index is 817. The van der Waals surface area contributed by atoms with Gasteiger partial charge in [-0.25, -0.2) is 0 Å². The first-order valence-electron chi connectivity index (χ1n) is 9.26. The lowest BCUT2D eigenvalue weighted by Crippen LogP contribution is -1.98. The molecule has 0 bridgehead atoms. The van der Waals surface area contributed by atoms with Gasteiger partial charge in [-0.3, -0.25) is 4.57 Å². The van der Waals surface area contributed by atoms with Gasteiger partial charge in [-0.05, 0) is 73.9 Å². The molecule has 0 spiro atoms. The molecule has 0 saturated heterocycles. The van der Waals surface area contributed by atoms with E-state index < -0.39 is 7.60 Å². The van der Waals surface area contributed by atoms with Gasteiger partial charge in [0.2, 0.25) is 0 Å². The van der Waals surface area contributed by atoms with Gasteiger partial charge in [-0.2, -0.15) is 0 Å². The van der Waals surface area contributed by atoms with Gasteiger partial charge in [0.25, 0.3) is 0 Å². The van der Waals surface area contributed by atoms with Crippen molar-refractivity contribution in [2.75, 3.05) is 6.16 Å². The largest absolute Gasteiger partial charge is 0.508 e. The number of phenols is 1. The van der Waals surface area contributed by atoms with E-state index in [4.69, 9.17) is 14.5 Å². The fraction of sp³-hybridized carbons (Fsp3) is 0.429. The van der Waals surface area contributed by atoms with Crippen LogP contribution in [0, 0.1) is 13.8 Å². The fourth-order valence-electron chi connectivity index (χ4n) is 3.16. The number of rotatable bonds is 8. The Morgan fingerprint density at radius 1 is 1.11 bits per heavy atom. The summed E-state index contributed by atoms with van der Waals surface area (Å²) in [5, 5.41) is 10.1. The molecule has 3 N–H and O–H groups in total. The molecule has 2 aromatic rings. The molecular weight excluding hydrogens is 363 g/mol. The lowest BCUT2D eigenvalue weighted by Gasteiger charge is -2.17. The minimum Gasteiger partial charge on any atom is -0.508 e. The molecule has 5 nitrogen and oxygen atoms in total. The minimum absolute atomic E-state index is 0.102. The molecule has 148 valence electrons. The number of benzene rings is 2. The molecule has 1 unspecified atom stereocenters. The van der Waals surface area contributed by atoms with Crippen molar-refractivity contribution in [1.82, 2.24) is 0 Å². The molecule has 0 saturated carbocycles. The van der Waals surface area contributed by atoms with Crippen LogP contribution in [0.15, 0.2) is 30.3 Å². The van der Waals surface area contributed by atoms with E-state index in [0.29, 0.717) is 18.6 Å². The molecule has 0 heterocycles. The van der Waals surface area contributed by atoms with Gasteiger partial charge in [0, 0.05) is 5.56 Å². The summed E-state index contributed by atoms with van der Waals surface area (Å²) >= 11 is 0. The molecule has 0 amide bonds. The van der Waals surface area contributed by atoms with Gasteiger partial charge in [0.05, 0.1) is 6.16 Å². The predicted octanol–water partition coefficient (Wildman–Crippen LogP) is 5.43. The Kier molecular flexibility index (Phi) is 7.10. The van der Waals surface area contributed by atoms with Crippen molar-refractivity contribution in [3.8, 4) is 17.2 Å². The Balaban J connectivity index is 2.19. The van der Waals surface area contributed by atoms with Crippen molar-refractivity contribution in [1.29, 1.82) is 0 Å². The van der Waals surface area contributed by atoms with Gasteiger partial charge < -0.3 is 19.6 Å². The summed E-state index contributed by atoms with van der Waals surface area (Å²) in [6.45, 7) is 8.08. The zero-order chi connectivity index (χ0) is 20.2. The third-order valence-corrected chi connectivity index (χ3v) is 5.70. The third kappa shape index (κ3) is 6.10. The maximum atomic E-state index is 11.0. The molecule has 2 rings (SSSR count). The lowest BCUT2D eigenvalue weighted by atomic mass is 9.97. The summed E-state index contributed by atoms with van der Waals surface area (Å²) in [4.78, 5) is 18.0. The highest BCUT2D eigenvalue weighted by Gasteiger charge is 2.14. The zero-order valence-electron chi connectivity index (χ0n) is 16.4. The predicted molar refractivity (Wildman–Crippen MR) is 108 cm³/mol. The summed E-state index contributed by atoms with van der Waals surface area (Å²) in [5.74, 6) is 1.98. The number of hydrogen-bond donors (Lipinski definition) is 3. The first-order chi connectivity index (χ1) is 12.6. The molecule has 1 atom stereocenters. The monoisotopic (exact) mass is 392 g/mol. The lowest BCUT2D eigenvalue weighted by molar-refractivity contribution is 0.371. The topological polar surface area (TPSA) is 87.0 Å². The van der Waals surface area contributed by atoms with Gasteiger partial charge in [0.15, 0.2) is 0 Å². The highest BCUT2D eigenvalue weighted by atomic mass is 31.2. The van der Waals surface area contributed by atoms with E-state index in [2.05, 4.69) is 13.8 Å². The molecule has 0 aliphatic heterocycles. The summed E-state index contributed by atoms with van der Waals surface area (Å²) in [6.07, 6.45) is 1.89. The summed E-state index contributed by atoms with van der Waals surface area (Å²) in [7, 11) is -3.95. The van der Waals surface area contributed by atoms with Crippen LogP contribution in [-0.4, -0.2) is 21.1 Å². The Hall–Kier alpha value is -1.81. The van der Waals surface area contributed by atoms with Gasteiger partial charge in [-0.1, -0.05) is 26.0 Å². The molecule has 0 aliphatic carbocycles. The average molecular weight is 392 g/mol. The number of aromatic hydroxyl groups is 1. The normalized spacial score (nSPS) is 12.8. The zero-order valence-corrected chi connectivity index (χ0v) is 17.3. The van der Waals surface area contributed by atoms with Crippen molar-refractivity contribution in [2.45, 2.75) is 52.9 Å². The van der Waals surface area contributed by atoms with E-state index in [1.165, 1.54) is 0 Å². The van der Waals surface area contributed by atoms with Crippen LogP contribution in [0.3, 0.4) is 0 Å². The summed E-state index contributed by atoms with van der Waals surface area (Å²) in [6, 6.07) is 9.30. The molecule has 27 heavy (non-hydrogen) atoms. The highest BCUT2D eigenvalue weighted by Crippen LogP contribution is 2.37. The second-order valence-electron chi connectivity index (χ2n) is 7.18. The molecular formula is C21H29O5P. The summed E-state index contributed by atoms with van der Waals surface area (Å²) < 4.78 is 17.1. The maximum Gasteiger partial charge on any atom is 0.325 e. The average Bonchev–Trinajstić information content (AvgIpc) is 2.57. The first kappa shape index (κ1) is 21.5. The standard InChI is InChI=1S/C21H29O5P/c1-5-14(2)19-13-18(8-9-20(19)22)26-21-15(3)11-17(12-16(21)4)7-6-10-27(23,24)25/h8-9,11-14,22H,5-7,10H2,1-4H3,(H2,23,24,25). The van der Waals surface area contributed by atoms with Crippen LogP contribution in [0.4, 0.5) is 0 Å². The minimum atomic E-state index is -3.95. The van der Waals surface area contributed by atoms with Crippen LogP contribution in [0.25, 0.3) is 0 Å². The fourth-order valence-corrected chi connectivity index (χ4v) is 3.73. The molecule has 6 heteroatoms. The Labute approximate surface area is 161 Å². The third-order valence-electron chi connectivity index (χ3n) is 4.80. The van der Waals surface area contributed by atoms with Crippen molar-refractivity contribution in [3.63, 3.8) is 0 Å². The second kappa shape index (κ2) is 8.92. The van der Waals surface area contributed by atoms with Crippen LogP contribution in [-0.2, 0) is 11.0 Å². The van der Waals surface area contributed by atoms with E-state index in [-0.39, 0.29) is 17.8 Å². The van der Waals surface area contributed by atoms with E-state index in [0.717, 1.165) is 34.4 Å². The van der Waals surface area contributed by atoms with Crippen LogP contribution in [0.1, 0.15) is 54.9 Å². The maximum absolute atomic E-state index is 11.0. The van der Waals surface area contributed by atoms with Crippen LogP contribution < -0.4 is 4.74 Å². The number of ether oxygens (including phenoxy) is 1. The smallest absolute Gasteiger partial charge is 0.325 e. The SMILES string of the molecule is CCC(C)c1cc(Oc2c(C)cc(CCCP(=O)(O)O)cc2C)ccc1O. The van der Waals surface area contributed by atoms with Crippen molar-refractivity contribution < 1.29 is 24.2 Å². The van der Waals surface area contributed by atoms with Crippen molar-refractivity contribution in [3.05, 3.63) is 52.6 Å². The first-order valence-corrected chi connectivity index (χ1v) is 11.1. The number of hydrogen-bond acceptors (Lipinski definition) is 3. The second-order valence-corrected chi connectivity index (χ2v) is 8.96. The Morgan fingerprint density at radius 2 is 1.74 bits per heavy atom. The van der Waals surface area contributed by atoms with E-state index in [1.54, 1.807) is 12.1 Å². The molecule has 0 aliphatic rings. The van der Waals surface area contributed by atoms with E-state index in [9.17, 15) is 9.67 Å². The van der Waals surface area contributed by atoms with Crippen LogP contribution >= 0.6 is 7.60 Å². The van der Waals surface area contributed by atoms with Crippen molar-refractivity contribution in [2.24, 2.45) is 0 Å². The number of aryl methyl sites for hydroxylation is 3. The Morgan fingerprint density at radius 3 is 2.30 bits per heavy atom. The van der Waals surface area contributed by atoms with Crippen molar-refractivity contribution >= 4 is 7.60 Å². The van der Waals surface area contributed by atoms with Crippen LogP contribution in [0.5, 0.6) is 17.2 Å². The van der Waals surface area contributed by atoms with Crippen LogP contribution in [0.2, 0.25) is 0 Å². The number of phenolic OH excluding ortho intramolecular Hbond substituents is 1. The highest BCUT2D eigenvalue weighted by molar-refractivity contribution is 7.51. The van der Waals surface area contributed by atoms with Gasteiger partial charge >= 0.3 is 7.60 Å². The quantitative estimate of drug-likeness (QED) is 0.522. The van der Waals surface area contributed by atoms with E-state index >= 15 is 0 Å². The van der Waals surface area contributed by atoms with Gasteiger partial charge in [-0.15, -0.1) is 0 Å². The summed E-state index contributed by atoms with van der Waals surface area (Å²) in [5.41, 5.74) is 3.86.